The van der Waals surface area contributed by atoms with Gasteiger partial charge in [0.05, 0.1) is 6.04 Å². The monoisotopic (exact) mass is 293 g/mol. The van der Waals surface area contributed by atoms with E-state index in [-0.39, 0.29) is 17.6 Å². The first kappa shape index (κ1) is 13.1. The van der Waals surface area contributed by atoms with Crippen molar-refractivity contribution < 1.29 is 9.18 Å². The van der Waals surface area contributed by atoms with Gasteiger partial charge in [0.15, 0.2) is 5.82 Å². The minimum Gasteiger partial charge on any atom is -0.325 e. The molecule has 0 spiro atoms. The number of anilines is 1. The molecule has 8 heteroatoms. The van der Waals surface area contributed by atoms with Crippen LogP contribution < -0.4 is 10.6 Å². The van der Waals surface area contributed by atoms with Crippen LogP contribution in [-0.2, 0) is 4.79 Å². The molecule has 1 fully saturated rings. The number of hydrogen-bond donors (Lipinski definition) is 2. The highest BCUT2D eigenvalue weighted by Gasteiger charge is 2.22. The van der Waals surface area contributed by atoms with Gasteiger partial charge < -0.3 is 5.32 Å². The number of nitrogens with one attached hydrogen (secondary N) is 2. The predicted octanol–water partition coefficient (Wildman–Crippen LogP) is 1.01. The first-order chi connectivity index (χ1) is 9.74. The zero-order valence-corrected chi connectivity index (χ0v) is 11.2. The van der Waals surface area contributed by atoms with Gasteiger partial charge in [0.1, 0.15) is 18.3 Å². The second-order valence-electron chi connectivity index (χ2n) is 4.27. The lowest BCUT2D eigenvalue weighted by molar-refractivity contribution is -0.117. The molecule has 1 unspecified atom stereocenters. The first-order valence-electron chi connectivity index (χ1n) is 6.00. The molecule has 104 valence electrons. The molecule has 3 rings (SSSR count). The molecule has 2 aromatic rings. The van der Waals surface area contributed by atoms with Crippen molar-refractivity contribution in [2.24, 2.45) is 0 Å². The van der Waals surface area contributed by atoms with Gasteiger partial charge in [-0.15, -0.1) is 11.8 Å². The van der Waals surface area contributed by atoms with Crippen LogP contribution in [0.4, 0.5) is 10.1 Å². The van der Waals surface area contributed by atoms with Crippen molar-refractivity contribution in [3.63, 3.8) is 0 Å². The van der Waals surface area contributed by atoms with Crippen molar-refractivity contribution in [3.05, 3.63) is 36.7 Å². The summed E-state index contributed by atoms with van der Waals surface area (Å²) >= 11 is 1.66. The molecule has 0 radical (unpaired) electrons. The summed E-state index contributed by atoms with van der Waals surface area (Å²) in [6.45, 7) is 0. The number of amides is 1. The van der Waals surface area contributed by atoms with Gasteiger partial charge in [0.25, 0.3) is 0 Å². The third-order valence-electron chi connectivity index (χ3n) is 2.91. The van der Waals surface area contributed by atoms with E-state index in [1.807, 2.05) is 0 Å². The van der Waals surface area contributed by atoms with E-state index in [9.17, 15) is 9.18 Å². The van der Waals surface area contributed by atoms with E-state index in [1.54, 1.807) is 23.9 Å². The molecule has 1 amide bonds. The molecule has 0 bridgehead atoms. The van der Waals surface area contributed by atoms with Crippen LogP contribution in [0.15, 0.2) is 30.9 Å². The van der Waals surface area contributed by atoms with Crippen molar-refractivity contribution >= 4 is 23.4 Å². The van der Waals surface area contributed by atoms with Gasteiger partial charge >= 0.3 is 0 Å². The molecule has 1 atom stereocenters. The van der Waals surface area contributed by atoms with E-state index < -0.39 is 5.82 Å². The summed E-state index contributed by atoms with van der Waals surface area (Å²) in [7, 11) is 0. The Kier molecular flexibility index (Phi) is 3.66. The van der Waals surface area contributed by atoms with Gasteiger partial charge in [0.2, 0.25) is 5.91 Å². The summed E-state index contributed by atoms with van der Waals surface area (Å²) in [4.78, 5) is 15.7. The molecule has 20 heavy (non-hydrogen) atoms. The first-order valence-corrected chi connectivity index (χ1v) is 7.16. The summed E-state index contributed by atoms with van der Waals surface area (Å²) in [6.07, 6.45) is 2.74. The minimum atomic E-state index is -0.470. The van der Waals surface area contributed by atoms with Gasteiger partial charge in [-0.05, 0) is 18.2 Å². The van der Waals surface area contributed by atoms with Crippen LogP contribution in [0.1, 0.15) is 0 Å². The number of nitrogens with zero attached hydrogens (tertiary/aromatic N) is 3. The van der Waals surface area contributed by atoms with Crippen molar-refractivity contribution in [2.45, 2.75) is 6.04 Å². The maximum Gasteiger partial charge on any atom is 0.242 e. The van der Waals surface area contributed by atoms with Crippen LogP contribution in [0.5, 0.6) is 0 Å². The topological polar surface area (TPSA) is 71.8 Å². The number of carbonyl (C=O) groups excluding carboxylic acids is 1. The van der Waals surface area contributed by atoms with Crippen LogP contribution in [0.3, 0.4) is 0 Å². The minimum absolute atomic E-state index is 0.150. The highest BCUT2D eigenvalue weighted by molar-refractivity contribution is 7.99. The molecule has 0 aliphatic carbocycles. The van der Waals surface area contributed by atoms with E-state index in [2.05, 4.69) is 20.7 Å². The van der Waals surface area contributed by atoms with E-state index in [4.69, 9.17) is 0 Å². The summed E-state index contributed by atoms with van der Waals surface area (Å²) in [6, 6.07) is 4.24. The molecule has 1 aliphatic heterocycles. The van der Waals surface area contributed by atoms with Crippen LogP contribution in [0.2, 0.25) is 0 Å². The molecule has 2 N–H and O–H groups in total. The highest BCUT2D eigenvalue weighted by atomic mass is 32.2. The number of halogens is 1. The summed E-state index contributed by atoms with van der Waals surface area (Å²) in [5.41, 5.74) is 0.713. The zero-order valence-electron chi connectivity index (χ0n) is 10.4. The van der Waals surface area contributed by atoms with Crippen molar-refractivity contribution in [2.75, 3.05) is 16.9 Å². The Labute approximate surface area is 118 Å². The number of benzene rings is 1. The predicted molar refractivity (Wildman–Crippen MR) is 74.2 cm³/mol. The summed E-state index contributed by atoms with van der Waals surface area (Å²) < 4.78 is 15.3. The molecule has 2 heterocycles. The van der Waals surface area contributed by atoms with Crippen molar-refractivity contribution in [3.8, 4) is 5.69 Å². The Morgan fingerprint density at radius 1 is 1.55 bits per heavy atom. The fraction of sp³-hybridized carbons (Fsp3) is 0.250. The van der Waals surface area contributed by atoms with Crippen molar-refractivity contribution in [1.29, 1.82) is 0 Å². The zero-order chi connectivity index (χ0) is 13.9. The van der Waals surface area contributed by atoms with Crippen LogP contribution in [0, 0.1) is 5.82 Å². The van der Waals surface area contributed by atoms with Gasteiger partial charge in [-0.25, -0.2) is 14.1 Å². The largest absolute Gasteiger partial charge is 0.325 e. The van der Waals surface area contributed by atoms with Crippen LogP contribution in [0.25, 0.3) is 5.69 Å². The molecular weight excluding hydrogens is 281 g/mol. The highest BCUT2D eigenvalue weighted by Crippen LogP contribution is 2.18. The Morgan fingerprint density at radius 3 is 3.10 bits per heavy atom. The quantitative estimate of drug-likeness (QED) is 0.883. The Hall–Kier alpha value is -1.93. The fourth-order valence-corrected chi connectivity index (χ4v) is 2.84. The normalized spacial score (nSPS) is 18.1. The Balaban J connectivity index is 1.75. The van der Waals surface area contributed by atoms with E-state index >= 15 is 0 Å². The fourth-order valence-electron chi connectivity index (χ4n) is 1.90. The van der Waals surface area contributed by atoms with E-state index in [0.29, 0.717) is 5.69 Å². The maximum atomic E-state index is 14.0. The van der Waals surface area contributed by atoms with Crippen LogP contribution in [-0.4, -0.2) is 38.3 Å². The average molecular weight is 293 g/mol. The number of aromatic nitrogens is 3. The van der Waals surface area contributed by atoms with E-state index in [0.717, 1.165) is 11.6 Å². The lowest BCUT2D eigenvalue weighted by atomic mass is 10.2. The number of thioether (sulfide) groups is 1. The third-order valence-corrected chi connectivity index (χ3v) is 3.85. The van der Waals surface area contributed by atoms with Crippen molar-refractivity contribution in [1.82, 2.24) is 20.1 Å². The third kappa shape index (κ3) is 2.66. The smallest absolute Gasteiger partial charge is 0.242 e. The standard InChI is InChI=1S/C12H12FN5OS/c13-9-3-8(17-12(19)10-4-20-7-15-10)1-2-11(9)18-6-14-5-16-18/h1-3,5-6,10,15H,4,7H2,(H,17,19). The lowest BCUT2D eigenvalue weighted by Gasteiger charge is -2.11. The summed E-state index contributed by atoms with van der Waals surface area (Å²) in [5, 5.41) is 9.62. The number of rotatable bonds is 3. The van der Waals surface area contributed by atoms with Gasteiger partial charge in [-0.1, -0.05) is 0 Å². The Bertz CT molecular complexity index is 612. The number of carbonyl (C=O) groups is 1. The van der Waals surface area contributed by atoms with Gasteiger partial charge in [-0.2, -0.15) is 5.10 Å². The molecule has 6 nitrogen and oxygen atoms in total. The molecule has 1 aromatic heterocycles. The number of hydrogen-bond acceptors (Lipinski definition) is 5. The van der Waals surface area contributed by atoms with E-state index in [1.165, 1.54) is 23.4 Å². The molecule has 1 aromatic carbocycles. The lowest BCUT2D eigenvalue weighted by Crippen LogP contribution is -2.37. The second kappa shape index (κ2) is 5.59. The van der Waals surface area contributed by atoms with Gasteiger partial charge in [-0.3, -0.25) is 10.1 Å². The molecule has 0 saturated carbocycles. The second-order valence-corrected chi connectivity index (χ2v) is 5.30. The molecule has 1 aliphatic rings. The average Bonchev–Trinajstić information content (AvgIpc) is 3.12. The van der Waals surface area contributed by atoms with Crippen LogP contribution >= 0.6 is 11.8 Å². The molecular formula is C12H12FN5OS. The maximum absolute atomic E-state index is 14.0. The SMILES string of the molecule is O=C(Nc1ccc(-n2cncn2)c(F)c1)C1CSCN1. The van der Waals surface area contributed by atoms with Gasteiger partial charge in [0, 0.05) is 17.3 Å². The molecule has 1 saturated heterocycles. The Morgan fingerprint density at radius 2 is 2.45 bits per heavy atom. The summed E-state index contributed by atoms with van der Waals surface area (Å²) in [5.74, 6) is 0.869.